The van der Waals surface area contributed by atoms with Crippen molar-refractivity contribution in [3.63, 3.8) is 0 Å². The third kappa shape index (κ3) is 5.32. The van der Waals surface area contributed by atoms with Crippen molar-refractivity contribution < 1.29 is 13.6 Å². The minimum atomic E-state index is -1.94. The second kappa shape index (κ2) is 7.29. The maximum Gasteiger partial charge on any atom is 0.334 e. The molecule has 0 spiro atoms. The summed E-state index contributed by atoms with van der Waals surface area (Å²) in [6.07, 6.45) is 4.87. The van der Waals surface area contributed by atoms with Gasteiger partial charge in [0.1, 0.15) is 5.78 Å². The Morgan fingerprint density at radius 3 is 2.18 bits per heavy atom. The lowest BCUT2D eigenvalue weighted by atomic mass is 9.87. The average molecular weight is 258 g/mol. The number of carbonyl (C=O) groups excluding carboxylic acids is 1. The predicted octanol–water partition coefficient (Wildman–Crippen LogP) is 3.28. The Morgan fingerprint density at radius 2 is 1.71 bits per heavy atom. The van der Waals surface area contributed by atoms with E-state index >= 15 is 0 Å². The molecule has 0 heterocycles. The molecule has 0 atom stereocenters. The van der Waals surface area contributed by atoms with Gasteiger partial charge in [0.15, 0.2) is 0 Å². The smallest absolute Gasteiger partial charge is 0.334 e. The van der Waals surface area contributed by atoms with E-state index in [4.69, 9.17) is 8.85 Å². The van der Waals surface area contributed by atoms with Gasteiger partial charge in [0.2, 0.25) is 0 Å². The number of Topliss-reactive ketones (excluding diaryl/α,β-unsaturated/α-hetero) is 1. The van der Waals surface area contributed by atoms with Gasteiger partial charge in [0, 0.05) is 26.1 Å². The molecule has 3 nitrogen and oxygen atoms in total. The van der Waals surface area contributed by atoms with E-state index < -0.39 is 8.56 Å². The van der Waals surface area contributed by atoms with Crippen molar-refractivity contribution in [2.24, 2.45) is 5.92 Å². The van der Waals surface area contributed by atoms with E-state index in [0.717, 1.165) is 51.4 Å². The Labute approximate surface area is 106 Å². The molecule has 1 saturated carbocycles. The fourth-order valence-electron chi connectivity index (χ4n) is 2.55. The van der Waals surface area contributed by atoms with Crippen LogP contribution >= 0.6 is 0 Å². The van der Waals surface area contributed by atoms with Gasteiger partial charge in [0.05, 0.1) is 0 Å². The van der Waals surface area contributed by atoms with Gasteiger partial charge in [-0.2, -0.15) is 0 Å². The minimum Gasteiger partial charge on any atom is -0.395 e. The Balaban J connectivity index is 2.33. The zero-order valence-electron chi connectivity index (χ0n) is 11.5. The molecule has 0 aromatic heterocycles. The van der Waals surface area contributed by atoms with Crippen molar-refractivity contribution in [2.75, 3.05) is 13.2 Å². The summed E-state index contributed by atoms with van der Waals surface area (Å²) in [7, 11) is -1.94. The molecule has 1 aliphatic rings. The van der Waals surface area contributed by atoms with Crippen molar-refractivity contribution in [3.8, 4) is 0 Å². The highest BCUT2D eigenvalue weighted by Crippen LogP contribution is 2.29. The third-order valence-electron chi connectivity index (χ3n) is 3.57. The van der Waals surface area contributed by atoms with Crippen LogP contribution in [0.1, 0.15) is 46.0 Å². The predicted molar refractivity (Wildman–Crippen MR) is 71.3 cm³/mol. The molecule has 4 heteroatoms. The molecule has 0 saturated heterocycles. The monoisotopic (exact) mass is 258 g/mol. The van der Waals surface area contributed by atoms with Crippen LogP contribution in [0.3, 0.4) is 0 Å². The largest absolute Gasteiger partial charge is 0.395 e. The van der Waals surface area contributed by atoms with Gasteiger partial charge in [-0.15, -0.1) is 0 Å². The molecule has 100 valence electrons. The normalized spacial score (nSPS) is 18.6. The van der Waals surface area contributed by atoms with Gasteiger partial charge in [-0.1, -0.05) is 0 Å². The molecule has 0 unspecified atom stereocenters. The van der Waals surface area contributed by atoms with Gasteiger partial charge >= 0.3 is 8.56 Å². The molecule has 0 aliphatic heterocycles. The Morgan fingerprint density at radius 1 is 1.18 bits per heavy atom. The van der Waals surface area contributed by atoms with E-state index in [0.29, 0.717) is 11.7 Å². The number of hydrogen-bond donors (Lipinski definition) is 0. The van der Waals surface area contributed by atoms with Crippen molar-refractivity contribution in [3.05, 3.63) is 0 Å². The highest BCUT2D eigenvalue weighted by molar-refractivity contribution is 6.66. The average Bonchev–Trinajstić information content (AvgIpc) is 2.29. The van der Waals surface area contributed by atoms with Crippen molar-refractivity contribution in [1.29, 1.82) is 0 Å². The molecule has 0 amide bonds. The van der Waals surface area contributed by atoms with E-state index in [1.807, 2.05) is 13.8 Å². The molecule has 0 aromatic rings. The maximum atomic E-state index is 11.2. The van der Waals surface area contributed by atoms with Crippen LogP contribution in [-0.4, -0.2) is 27.6 Å². The van der Waals surface area contributed by atoms with Gasteiger partial charge in [-0.25, -0.2) is 0 Å². The Hall–Kier alpha value is -0.193. The van der Waals surface area contributed by atoms with E-state index in [1.165, 1.54) is 0 Å². The van der Waals surface area contributed by atoms with Crippen LogP contribution in [0.25, 0.3) is 0 Å². The quantitative estimate of drug-likeness (QED) is 0.657. The van der Waals surface area contributed by atoms with Crippen LogP contribution in [0, 0.1) is 5.92 Å². The van der Waals surface area contributed by atoms with Crippen LogP contribution in [0.4, 0.5) is 0 Å². The summed E-state index contributed by atoms with van der Waals surface area (Å²) in [6.45, 7) is 7.71. The fourth-order valence-corrected chi connectivity index (χ4v) is 5.08. The number of rotatable bonds is 7. The van der Waals surface area contributed by atoms with Gasteiger partial charge in [-0.05, 0) is 51.6 Å². The lowest BCUT2D eigenvalue weighted by molar-refractivity contribution is -0.121. The van der Waals surface area contributed by atoms with Crippen LogP contribution in [0.2, 0.25) is 12.6 Å². The summed E-state index contributed by atoms with van der Waals surface area (Å²) in [4.78, 5) is 11.2. The second-order valence-corrected chi connectivity index (χ2v) is 8.37. The van der Waals surface area contributed by atoms with E-state index in [2.05, 4.69) is 6.55 Å². The summed E-state index contributed by atoms with van der Waals surface area (Å²) in [5.74, 6) is 1.15. The zero-order chi connectivity index (χ0) is 12.7. The molecule has 0 N–H and O–H groups in total. The molecule has 1 rings (SSSR count). The molecule has 0 aromatic carbocycles. The van der Waals surface area contributed by atoms with Gasteiger partial charge in [-0.3, -0.25) is 4.79 Å². The molecule has 0 radical (unpaired) electrons. The summed E-state index contributed by atoms with van der Waals surface area (Å²) >= 11 is 0. The lowest BCUT2D eigenvalue weighted by Crippen LogP contribution is -2.39. The summed E-state index contributed by atoms with van der Waals surface area (Å²) in [5.41, 5.74) is 0. The fraction of sp³-hybridized carbons (Fsp3) is 0.923. The molecule has 0 bridgehead atoms. The molecule has 17 heavy (non-hydrogen) atoms. The highest BCUT2D eigenvalue weighted by Gasteiger charge is 2.32. The van der Waals surface area contributed by atoms with Crippen LogP contribution in [0.5, 0.6) is 0 Å². The van der Waals surface area contributed by atoms with Crippen molar-refractivity contribution in [2.45, 2.75) is 58.5 Å². The van der Waals surface area contributed by atoms with E-state index in [9.17, 15) is 4.79 Å². The van der Waals surface area contributed by atoms with E-state index in [-0.39, 0.29) is 0 Å². The first kappa shape index (κ1) is 14.9. The van der Waals surface area contributed by atoms with E-state index in [1.54, 1.807) is 0 Å². The van der Waals surface area contributed by atoms with Crippen molar-refractivity contribution >= 4 is 14.3 Å². The standard InChI is InChI=1S/C13H26O3Si/c1-4-15-17(3,16-5-2)11-10-12-6-8-13(14)9-7-12/h12H,4-11H2,1-3H3. The SMILES string of the molecule is CCO[Si](C)(CCC1CCC(=O)CC1)OCC. The van der Waals surface area contributed by atoms with Gasteiger partial charge in [0.25, 0.3) is 0 Å². The van der Waals surface area contributed by atoms with Gasteiger partial charge < -0.3 is 8.85 Å². The van der Waals surface area contributed by atoms with Crippen LogP contribution in [-0.2, 0) is 13.6 Å². The first-order valence-electron chi connectivity index (χ1n) is 6.89. The minimum absolute atomic E-state index is 0.441. The topological polar surface area (TPSA) is 35.5 Å². The first-order valence-corrected chi connectivity index (χ1v) is 9.41. The summed E-state index contributed by atoms with van der Waals surface area (Å²) < 4.78 is 11.7. The molecule has 1 fully saturated rings. The summed E-state index contributed by atoms with van der Waals surface area (Å²) in [6, 6.07) is 1.06. The summed E-state index contributed by atoms with van der Waals surface area (Å²) in [5, 5.41) is 0. The number of ketones is 1. The van der Waals surface area contributed by atoms with Crippen molar-refractivity contribution in [1.82, 2.24) is 0 Å². The number of carbonyl (C=O) groups is 1. The first-order chi connectivity index (χ1) is 8.09. The lowest BCUT2D eigenvalue weighted by Gasteiger charge is -2.29. The maximum absolute atomic E-state index is 11.2. The van der Waals surface area contributed by atoms with Crippen LogP contribution in [0.15, 0.2) is 0 Å². The third-order valence-corrected chi connectivity index (χ3v) is 6.56. The molecular weight excluding hydrogens is 232 g/mol. The number of hydrogen-bond acceptors (Lipinski definition) is 3. The Bertz CT molecular complexity index is 227. The second-order valence-electron chi connectivity index (χ2n) is 5.02. The highest BCUT2D eigenvalue weighted by atomic mass is 28.4. The Kier molecular flexibility index (Phi) is 6.37. The molecular formula is C13H26O3Si. The zero-order valence-corrected chi connectivity index (χ0v) is 12.5. The molecule has 1 aliphatic carbocycles. The van der Waals surface area contributed by atoms with Crippen LogP contribution < -0.4 is 0 Å².